The first-order chi connectivity index (χ1) is 11.3. The van der Waals surface area contributed by atoms with Gasteiger partial charge < -0.3 is 5.73 Å². The van der Waals surface area contributed by atoms with Gasteiger partial charge in [-0.15, -0.1) is 11.8 Å². The first-order valence-electron chi connectivity index (χ1n) is 6.41. The third kappa shape index (κ3) is 4.43. The van der Waals surface area contributed by atoms with E-state index in [4.69, 9.17) is 17.3 Å². The van der Waals surface area contributed by atoms with Crippen LogP contribution in [0.4, 0.5) is 10.8 Å². The number of anilines is 1. The molecule has 2 rings (SSSR count). The van der Waals surface area contributed by atoms with E-state index in [1.807, 2.05) is 0 Å². The van der Waals surface area contributed by atoms with E-state index in [1.54, 1.807) is 6.92 Å². The lowest BCUT2D eigenvalue weighted by atomic mass is 10.2. The van der Waals surface area contributed by atoms with E-state index in [0.717, 1.165) is 10.3 Å². The predicted octanol–water partition coefficient (Wildman–Crippen LogP) is 2.84. The molecule has 0 aliphatic rings. The Morgan fingerprint density at radius 1 is 1.50 bits per heavy atom. The number of aryl methyl sites for hydroxylation is 1. The van der Waals surface area contributed by atoms with Crippen molar-refractivity contribution >= 4 is 57.3 Å². The van der Waals surface area contributed by atoms with Crippen molar-refractivity contribution in [1.29, 1.82) is 0 Å². The number of nitrogens with zero attached hydrogens (tertiary/aromatic N) is 2. The molecule has 0 saturated heterocycles. The third-order valence-corrected chi connectivity index (χ3v) is 5.50. The highest BCUT2D eigenvalue weighted by Crippen LogP contribution is 2.32. The average Bonchev–Trinajstić information content (AvgIpc) is 2.84. The highest BCUT2D eigenvalue weighted by molar-refractivity contribution is 8.01. The molecule has 0 unspecified atom stereocenters. The van der Waals surface area contributed by atoms with Crippen LogP contribution in [0.25, 0.3) is 0 Å². The molecule has 126 valence electrons. The van der Waals surface area contributed by atoms with E-state index in [0.29, 0.717) is 10.8 Å². The van der Waals surface area contributed by atoms with Crippen LogP contribution in [0.5, 0.6) is 0 Å². The second-order valence-corrected chi connectivity index (χ2v) is 7.17. The van der Waals surface area contributed by atoms with Crippen molar-refractivity contribution in [1.82, 2.24) is 4.98 Å². The number of amides is 2. The summed E-state index contributed by atoms with van der Waals surface area (Å²) in [6.07, 6.45) is 0. The molecule has 0 atom stereocenters. The van der Waals surface area contributed by atoms with Crippen molar-refractivity contribution in [3.63, 3.8) is 0 Å². The summed E-state index contributed by atoms with van der Waals surface area (Å²) in [5.41, 5.74) is 5.66. The van der Waals surface area contributed by atoms with Gasteiger partial charge in [0.1, 0.15) is 0 Å². The summed E-state index contributed by atoms with van der Waals surface area (Å²) in [6, 6.07) is 3.58. The van der Waals surface area contributed by atoms with Gasteiger partial charge >= 0.3 is 0 Å². The summed E-state index contributed by atoms with van der Waals surface area (Å²) >= 11 is 8.35. The average molecular weight is 387 g/mol. The highest BCUT2D eigenvalue weighted by atomic mass is 35.5. The van der Waals surface area contributed by atoms with Crippen LogP contribution < -0.4 is 11.1 Å². The molecule has 0 aliphatic heterocycles. The van der Waals surface area contributed by atoms with Gasteiger partial charge in [-0.25, -0.2) is 4.98 Å². The minimum atomic E-state index is -0.597. The second kappa shape index (κ2) is 7.60. The lowest BCUT2D eigenvalue weighted by Crippen LogP contribution is -2.12. The van der Waals surface area contributed by atoms with Gasteiger partial charge in [-0.1, -0.05) is 22.9 Å². The van der Waals surface area contributed by atoms with Crippen LogP contribution in [-0.2, 0) is 4.79 Å². The van der Waals surface area contributed by atoms with Gasteiger partial charge in [-0.05, 0) is 13.0 Å². The largest absolute Gasteiger partial charge is 0.369 e. The molecule has 0 radical (unpaired) electrons. The molecule has 1 aromatic carbocycles. The summed E-state index contributed by atoms with van der Waals surface area (Å²) < 4.78 is 0.763. The smallest absolute Gasteiger partial charge is 0.270 e. The fraction of sp³-hybridized carbons (Fsp3) is 0.154. The number of nitro benzene ring substituents is 1. The number of primary amides is 1. The van der Waals surface area contributed by atoms with Gasteiger partial charge in [0.05, 0.1) is 31.2 Å². The number of thioether (sulfide) groups is 1. The molecule has 2 aromatic rings. The number of nitrogens with two attached hydrogens (primary N) is 1. The number of hydrogen-bond donors (Lipinski definition) is 2. The standard InChI is InChI=1S/C13H11ClN4O4S2/c1-6-12(23-5-10(15)19)24-13(16-6)17-11(20)8-3-2-7(18(21)22)4-9(8)14/h2-4H,5H2,1H3,(H2,15,19)(H,16,17,20). The van der Waals surface area contributed by atoms with Crippen molar-refractivity contribution in [2.24, 2.45) is 5.73 Å². The molecule has 0 aliphatic carbocycles. The Morgan fingerprint density at radius 3 is 2.79 bits per heavy atom. The van der Waals surface area contributed by atoms with Crippen molar-refractivity contribution in [2.75, 3.05) is 11.1 Å². The fourth-order valence-corrected chi connectivity index (χ4v) is 3.81. The van der Waals surface area contributed by atoms with Crippen LogP contribution in [0.2, 0.25) is 5.02 Å². The molecular formula is C13H11ClN4O4S2. The topological polar surface area (TPSA) is 128 Å². The Bertz CT molecular complexity index is 824. The lowest BCUT2D eigenvalue weighted by Gasteiger charge is -2.03. The van der Waals surface area contributed by atoms with Gasteiger partial charge in [-0.2, -0.15) is 0 Å². The number of aromatic nitrogens is 1. The number of thiazole rings is 1. The number of carbonyl (C=O) groups is 2. The van der Waals surface area contributed by atoms with Crippen LogP contribution in [0.1, 0.15) is 16.1 Å². The minimum absolute atomic E-state index is 0.0293. The summed E-state index contributed by atoms with van der Waals surface area (Å²) in [7, 11) is 0. The first-order valence-corrected chi connectivity index (χ1v) is 8.59. The number of nitro groups is 1. The monoisotopic (exact) mass is 386 g/mol. The van der Waals surface area contributed by atoms with Gasteiger partial charge in [0.15, 0.2) is 5.13 Å². The molecule has 0 spiro atoms. The Labute approximate surface area is 149 Å². The molecule has 3 N–H and O–H groups in total. The van der Waals surface area contributed by atoms with Gasteiger partial charge in [0.25, 0.3) is 11.6 Å². The van der Waals surface area contributed by atoms with Crippen LogP contribution >= 0.6 is 34.7 Å². The zero-order valence-corrected chi connectivity index (χ0v) is 14.6. The maximum absolute atomic E-state index is 12.2. The lowest BCUT2D eigenvalue weighted by molar-refractivity contribution is -0.384. The maximum atomic E-state index is 12.2. The Balaban J connectivity index is 2.14. The van der Waals surface area contributed by atoms with Crippen molar-refractivity contribution < 1.29 is 14.5 Å². The Hall–Kier alpha value is -2.17. The fourth-order valence-electron chi connectivity index (χ4n) is 1.67. The molecular weight excluding hydrogens is 376 g/mol. The maximum Gasteiger partial charge on any atom is 0.270 e. The number of nitrogens with one attached hydrogen (secondary N) is 1. The van der Waals surface area contributed by atoms with Crippen molar-refractivity contribution in [2.45, 2.75) is 11.1 Å². The number of carbonyl (C=O) groups excluding carboxylic acids is 2. The third-order valence-electron chi connectivity index (χ3n) is 2.73. The number of rotatable bonds is 6. The number of halogens is 1. The quantitative estimate of drug-likeness (QED) is 0.446. The second-order valence-electron chi connectivity index (χ2n) is 4.52. The summed E-state index contributed by atoms with van der Waals surface area (Å²) in [5, 5.41) is 13.6. The van der Waals surface area contributed by atoms with E-state index in [2.05, 4.69) is 10.3 Å². The van der Waals surface area contributed by atoms with E-state index in [-0.39, 0.29) is 22.0 Å². The summed E-state index contributed by atoms with van der Waals surface area (Å²) in [6.45, 7) is 1.74. The van der Waals surface area contributed by atoms with Gasteiger partial charge in [-0.3, -0.25) is 25.0 Å². The summed E-state index contributed by atoms with van der Waals surface area (Å²) in [4.78, 5) is 37.3. The molecule has 24 heavy (non-hydrogen) atoms. The molecule has 0 saturated carbocycles. The van der Waals surface area contributed by atoms with E-state index in [1.165, 1.54) is 35.2 Å². The predicted molar refractivity (Wildman–Crippen MR) is 92.8 cm³/mol. The molecule has 1 heterocycles. The van der Waals surface area contributed by atoms with Gasteiger partial charge in [0.2, 0.25) is 5.91 Å². The SMILES string of the molecule is Cc1nc(NC(=O)c2ccc([N+](=O)[O-])cc2Cl)sc1SCC(N)=O. The Kier molecular flexibility index (Phi) is 5.75. The molecule has 2 amide bonds. The number of benzene rings is 1. The van der Waals surface area contributed by atoms with Crippen LogP contribution in [0.15, 0.2) is 22.4 Å². The Morgan fingerprint density at radius 2 is 2.21 bits per heavy atom. The van der Waals surface area contributed by atoms with E-state index >= 15 is 0 Å². The number of hydrogen-bond acceptors (Lipinski definition) is 7. The van der Waals surface area contributed by atoms with Crippen LogP contribution in [0.3, 0.4) is 0 Å². The molecule has 0 fully saturated rings. The molecule has 8 nitrogen and oxygen atoms in total. The zero-order chi connectivity index (χ0) is 17.9. The molecule has 1 aromatic heterocycles. The van der Waals surface area contributed by atoms with Crippen LogP contribution in [-0.4, -0.2) is 27.5 Å². The van der Waals surface area contributed by atoms with Gasteiger partial charge in [0, 0.05) is 12.1 Å². The minimum Gasteiger partial charge on any atom is -0.369 e. The van der Waals surface area contributed by atoms with Crippen molar-refractivity contribution in [3.05, 3.63) is 44.6 Å². The van der Waals surface area contributed by atoms with Crippen molar-refractivity contribution in [3.8, 4) is 0 Å². The molecule has 11 heteroatoms. The zero-order valence-electron chi connectivity index (χ0n) is 12.2. The first kappa shape index (κ1) is 18.2. The van der Waals surface area contributed by atoms with E-state index in [9.17, 15) is 19.7 Å². The summed E-state index contributed by atoms with van der Waals surface area (Å²) in [5.74, 6) is -0.865. The van der Waals surface area contributed by atoms with E-state index < -0.39 is 16.7 Å². The molecule has 0 bridgehead atoms. The highest BCUT2D eigenvalue weighted by Gasteiger charge is 2.17. The normalized spacial score (nSPS) is 10.4. The van der Waals surface area contributed by atoms with Crippen LogP contribution in [0, 0.1) is 17.0 Å². The number of non-ortho nitro benzene ring substituents is 1.